The first-order chi connectivity index (χ1) is 19.7. The summed E-state index contributed by atoms with van der Waals surface area (Å²) in [6, 6.07) is 6.77. The molecule has 2 aliphatic rings. The van der Waals surface area contributed by atoms with Gasteiger partial charge in [0.25, 0.3) is 5.91 Å². The number of hydrogen-bond acceptors (Lipinski definition) is 8. The number of primary amides is 1. The van der Waals surface area contributed by atoms with Crippen LogP contribution >= 0.6 is 23.2 Å². The fourth-order valence-corrected chi connectivity index (χ4v) is 6.31. The monoisotopic (exact) mass is 605 g/mol. The van der Waals surface area contributed by atoms with E-state index in [4.69, 9.17) is 34.7 Å². The van der Waals surface area contributed by atoms with Gasteiger partial charge in [-0.15, -0.1) is 0 Å². The summed E-state index contributed by atoms with van der Waals surface area (Å²) in [7, 11) is 0. The van der Waals surface area contributed by atoms with Gasteiger partial charge in [0.1, 0.15) is 0 Å². The fraction of sp³-hybridized carbons (Fsp3) is 0.571. The van der Waals surface area contributed by atoms with Gasteiger partial charge in [-0.25, -0.2) is 14.8 Å². The molecule has 0 saturated carbocycles. The molecule has 13 heteroatoms. The third-order valence-corrected chi connectivity index (χ3v) is 8.49. The van der Waals surface area contributed by atoms with Crippen molar-refractivity contribution in [3.8, 4) is 0 Å². The third kappa shape index (κ3) is 7.91. The van der Waals surface area contributed by atoms with E-state index in [9.17, 15) is 9.59 Å². The molecule has 2 aliphatic heterocycles. The fourth-order valence-electron chi connectivity index (χ4n) is 5.87. The van der Waals surface area contributed by atoms with E-state index in [1.54, 1.807) is 0 Å². The number of halogens is 2. The first-order valence-corrected chi connectivity index (χ1v) is 15.1. The lowest BCUT2D eigenvalue weighted by Gasteiger charge is -2.47. The van der Waals surface area contributed by atoms with Crippen LogP contribution in [0.5, 0.6) is 0 Å². The van der Waals surface area contributed by atoms with Crippen LogP contribution in [0.2, 0.25) is 10.2 Å². The Hall–Kier alpha value is -2.86. The lowest BCUT2D eigenvalue weighted by atomic mass is 9.97. The molecule has 0 unspecified atom stereocenters. The van der Waals surface area contributed by atoms with Crippen molar-refractivity contribution in [3.05, 3.63) is 45.2 Å². The molecule has 6 N–H and O–H groups in total. The largest absolute Gasteiger partial charge is 0.382 e. The molecule has 2 saturated heterocycles. The molecule has 0 bridgehead atoms. The molecule has 11 nitrogen and oxygen atoms in total. The van der Waals surface area contributed by atoms with E-state index in [0.29, 0.717) is 36.0 Å². The molecule has 0 spiro atoms. The molecular weight excluding hydrogens is 565 g/mol. The number of benzene rings is 1. The standard InChI is InChI=1S/C28H41Cl2N9O2/c1-3-21-17-38(27-24(30)35-23(26(32)40)25(31)36-27)13-14-39(21)22-8-11-37(12-9-22)16-19-5-6-20(29)15-18(19)7-10-34-28(41)33-4-2/h5-6,15,21-22H,3-4,7-14,16-17H2,1-2H3,(H2,31,36)(H2,32,40)(H2,33,34,41)/t21-/m0/s1. The van der Waals surface area contributed by atoms with Gasteiger partial charge in [-0.3, -0.25) is 14.6 Å². The highest BCUT2D eigenvalue weighted by atomic mass is 35.5. The van der Waals surface area contributed by atoms with E-state index in [-0.39, 0.29) is 22.7 Å². The predicted octanol–water partition coefficient (Wildman–Crippen LogP) is 2.89. The SMILES string of the molecule is CCNC(=O)NCCc1cc(Cl)ccc1CN1CCC(N2CCN(c3nc(N)c(C(N)=O)nc3Cl)C[C@@H]2CC)CC1. The maximum Gasteiger partial charge on any atom is 0.314 e. The predicted molar refractivity (Wildman–Crippen MR) is 164 cm³/mol. The van der Waals surface area contributed by atoms with Crippen LogP contribution in [-0.4, -0.2) is 89.6 Å². The first kappa shape index (κ1) is 31.1. The number of aromatic nitrogens is 2. The number of amides is 3. The van der Waals surface area contributed by atoms with E-state index < -0.39 is 5.91 Å². The summed E-state index contributed by atoms with van der Waals surface area (Å²) in [4.78, 5) is 39.1. The maximum absolute atomic E-state index is 11.8. The molecule has 3 heterocycles. The zero-order valence-corrected chi connectivity index (χ0v) is 25.3. The van der Waals surface area contributed by atoms with Crippen LogP contribution < -0.4 is 27.0 Å². The molecule has 1 aromatic heterocycles. The number of nitrogens with zero attached hydrogens (tertiary/aromatic N) is 5. The lowest BCUT2D eigenvalue weighted by Crippen LogP contribution is -2.58. The van der Waals surface area contributed by atoms with E-state index in [1.807, 2.05) is 19.1 Å². The molecule has 0 radical (unpaired) electrons. The number of piperazine rings is 1. The summed E-state index contributed by atoms with van der Waals surface area (Å²) in [6.45, 7) is 10.6. The number of anilines is 2. The van der Waals surface area contributed by atoms with Crippen LogP contribution in [-0.2, 0) is 13.0 Å². The van der Waals surface area contributed by atoms with E-state index in [0.717, 1.165) is 65.0 Å². The number of nitrogens with one attached hydrogen (secondary N) is 2. The van der Waals surface area contributed by atoms with Crippen LogP contribution in [0.15, 0.2) is 18.2 Å². The summed E-state index contributed by atoms with van der Waals surface area (Å²) in [5.74, 6) is -0.240. The Morgan fingerprint density at radius 3 is 2.49 bits per heavy atom. The Morgan fingerprint density at radius 2 is 1.80 bits per heavy atom. The number of carbonyl (C=O) groups excluding carboxylic acids is 2. The molecule has 41 heavy (non-hydrogen) atoms. The van der Waals surface area contributed by atoms with Crippen molar-refractivity contribution in [2.75, 3.05) is 56.4 Å². The minimum absolute atomic E-state index is 0.00171. The number of carbonyl (C=O) groups is 2. The Labute approximate surface area is 251 Å². The summed E-state index contributed by atoms with van der Waals surface area (Å²) in [5.41, 5.74) is 13.6. The van der Waals surface area contributed by atoms with Gasteiger partial charge in [0, 0.05) is 56.4 Å². The van der Waals surface area contributed by atoms with Gasteiger partial charge in [-0.2, -0.15) is 0 Å². The second-order valence-electron chi connectivity index (χ2n) is 10.6. The van der Waals surface area contributed by atoms with Gasteiger partial charge in [-0.05, 0) is 69.0 Å². The maximum atomic E-state index is 11.8. The zero-order valence-electron chi connectivity index (χ0n) is 23.8. The van der Waals surface area contributed by atoms with Crippen molar-refractivity contribution in [1.29, 1.82) is 0 Å². The van der Waals surface area contributed by atoms with Gasteiger partial charge < -0.3 is 27.0 Å². The van der Waals surface area contributed by atoms with Crippen molar-refractivity contribution in [2.24, 2.45) is 5.73 Å². The number of piperidine rings is 1. The molecule has 0 aliphatic carbocycles. The lowest BCUT2D eigenvalue weighted by molar-refractivity contribution is 0.0610. The van der Waals surface area contributed by atoms with Crippen LogP contribution in [0.4, 0.5) is 16.4 Å². The van der Waals surface area contributed by atoms with E-state index in [1.165, 1.54) is 11.1 Å². The number of rotatable bonds is 10. The average molecular weight is 607 g/mol. The molecule has 1 atom stereocenters. The summed E-state index contributed by atoms with van der Waals surface area (Å²) in [5, 5.41) is 6.52. The molecule has 224 valence electrons. The van der Waals surface area contributed by atoms with Crippen molar-refractivity contribution in [2.45, 2.75) is 58.2 Å². The summed E-state index contributed by atoms with van der Waals surface area (Å²) < 4.78 is 0. The first-order valence-electron chi connectivity index (χ1n) is 14.3. The van der Waals surface area contributed by atoms with Gasteiger partial charge in [-0.1, -0.05) is 36.2 Å². The highest BCUT2D eigenvalue weighted by Gasteiger charge is 2.34. The second kappa shape index (κ2) is 14.4. The Kier molecular flexibility index (Phi) is 10.9. The number of nitrogen functional groups attached to an aromatic ring is 1. The number of nitrogens with two attached hydrogens (primary N) is 2. The normalized spacial score (nSPS) is 18.8. The topological polar surface area (TPSA) is 146 Å². The number of hydrogen-bond donors (Lipinski definition) is 4. The van der Waals surface area contributed by atoms with E-state index >= 15 is 0 Å². The minimum atomic E-state index is -0.744. The van der Waals surface area contributed by atoms with Gasteiger partial charge in [0.2, 0.25) is 0 Å². The Morgan fingerprint density at radius 1 is 1.05 bits per heavy atom. The Bertz CT molecular complexity index is 1220. The molecule has 4 rings (SSSR count). The third-order valence-electron chi connectivity index (χ3n) is 8.00. The van der Waals surface area contributed by atoms with Crippen molar-refractivity contribution < 1.29 is 9.59 Å². The highest BCUT2D eigenvalue weighted by Crippen LogP contribution is 2.30. The quantitative estimate of drug-likeness (QED) is 0.323. The van der Waals surface area contributed by atoms with Crippen LogP contribution in [0, 0.1) is 0 Å². The van der Waals surface area contributed by atoms with Crippen molar-refractivity contribution in [3.63, 3.8) is 0 Å². The smallest absolute Gasteiger partial charge is 0.314 e. The van der Waals surface area contributed by atoms with E-state index in [2.05, 4.69) is 48.3 Å². The molecule has 1 aromatic carbocycles. The Balaban J connectivity index is 1.32. The average Bonchev–Trinajstić information content (AvgIpc) is 2.95. The van der Waals surface area contributed by atoms with Crippen molar-refractivity contribution >= 4 is 46.8 Å². The highest BCUT2D eigenvalue weighted by molar-refractivity contribution is 6.32. The molecule has 2 aromatic rings. The zero-order chi connectivity index (χ0) is 29.5. The van der Waals surface area contributed by atoms with Crippen LogP contribution in [0.25, 0.3) is 0 Å². The van der Waals surface area contributed by atoms with Gasteiger partial charge in [0.15, 0.2) is 22.5 Å². The number of likely N-dealkylation sites (tertiary alicyclic amines) is 1. The molecular formula is C28H41Cl2N9O2. The van der Waals surface area contributed by atoms with Crippen molar-refractivity contribution in [1.82, 2.24) is 30.4 Å². The minimum Gasteiger partial charge on any atom is -0.382 e. The molecule has 3 amide bonds. The number of urea groups is 1. The summed E-state index contributed by atoms with van der Waals surface area (Å²) >= 11 is 12.7. The summed E-state index contributed by atoms with van der Waals surface area (Å²) in [6.07, 6.45) is 3.92. The van der Waals surface area contributed by atoms with Gasteiger partial charge >= 0.3 is 6.03 Å². The second-order valence-corrected chi connectivity index (χ2v) is 11.4. The van der Waals surface area contributed by atoms with Crippen LogP contribution in [0.1, 0.15) is 54.7 Å². The van der Waals surface area contributed by atoms with Gasteiger partial charge in [0.05, 0.1) is 0 Å². The van der Waals surface area contributed by atoms with Crippen LogP contribution in [0.3, 0.4) is 0 Å². The molecule has 2 fully saturated rings.